The van der Waals surface area contributed by atoms with Gasteiger partial charge < -0.3 is 9.47 Å². The second-order valence-electron chi connectivity index (χ2n) is 8.79. The summed E-state index contributed by atoms with van der Waals surface area (Å²) in [5.41, 5.74) is 1.96. The molecular weight excluding hydrogens is 374 g/mol. The minimum Gasteiger partial charge on any atom is -0.457 e. The first-order chi connectivity index (χ1) is 14.5. The lowest BCUT2D eigenvalue weighted by molar-refractivity contribution is -0.149. The van der Waals surface area contributed by atoms with Crippen molar-refractivity contribution in [3.8, 4) is 17.6 Å². The first-order valence-electron chi connectivity index (χ1n) is 10.6. The van der Waals surface area contributed by atoms with Crippen LogP contribution < -0.4 is 4.74 Å². The molecule has 0 amide bonds. The Morgan fingerprint density at radius 2 is 1.80 bits per heavy atom. The van der Waals surface area contributed by atoms with Gasteiger partial charge in [0.25, 0.3) is 0 Å². The van der Waals surface area contributed by atoms with Crippen LogP contribution in [0.25, 0.3) is 0 Å². The summed E-state index contributed by atoms with van der Waals surface area (Å²) in [6.07, 6.45) is 6.10. The van der Waals surface area contributed by atoms with Gasteiger partial charge in [0.05, 0.1) is 5.92 Å². The smallest absolute Gasteiger partial charge is 0.311 e. The van der Waals surface area contributed by atoms with Crippen LogP contribution in [0.1, 0.15) is 51.2 Å². The maximum Gasteiger partial charge on any atom is 0.311 e. The van der Waals surface area contributed by atoms with E-state index >= 15 is 0 Å². The topological polar surface area (TPSA) is 59.3 Å². The van der Waals surface area contributed by atoms with Crippen LogP contribution in [0, 0.1) is 28.6 Å². The van der Waals surface area contributed by atoms with Gasteiger partial charge in [0, 0.05) is 5.56 Å². The Morgan fingerprint density at radius 1 is 1.10 bits per heavy atom. The van der Waals surface area contributed by atoms with Crippen LogP contribution in [-0.4, -0.2) is 5.97 Å². The van der Waals surface area contributed by atoms with E-state index in [0.29, 0.717) is 17.1 Å². The average molecular weight is 402 g/mol. The Bertz CT molecular complexity index is 979. The molecule has 3 atom stereocenters. The van der Waals surface area contributed by atoms with E-state index in [0.717, 1.165) is 12.8 Å². The fourth-order valence-corrected chi connectivity index (χ4v) is 4.41. The number of ether oxygens (including phenoxy) is 2. The minimum absolute atomic E-state index is 0.120. The number of esters is 1. The molecule has 154 valence electrons. The largest absolute Gasteiger partial charge is 0.457 e. The number of rotatable bonds is 6. The lowest BCUT2D eigenvalue weighted by Gasteiger charge is -2.13. The lowest BCUT2D eigenvalue weighted by atomic mass is 10.1. The molecule has 0 saturated heterocycles. The molecule has 2 aromatic rings. The van der Waals surface area contributed by atoms with E-state index in [9.17, 15) is 10.1 Å². The summed E-state index contributed by atoms with van der Waals surface area (Å²) < 4.78 is 11.5. The van der Waals surface area contributed by atoms with Crippen molar-refractivity contribution in [1.82, 2.24) is 0 Å². The number of nitriles is 1. The summed E-state index contributed by atoms with van der Waals surface area (Å²) in [6, 6.07) is 18.7. The maximum atomic E-state index is 12.9. The maximum absolute atomic E-state index is 12.9. The number of carbonyl (C=O) groups excluding carboxylic acids is 1. The number of para-hydroxylation sites is 1. The van der Waals surface area contributed by atoms with Gasteiger partial charge in [-0.2, -0.15) is 5.26 Å². The van der Waals surface area contributed by atoms with E-state index in [-0.39, 0.29) is 23.2 Å². The molecule has 0 unspecified atom stereocenters. The molecular formula is C26H27NO3. The third kappa shape index (κ3) is 4.26. The molecule has 0 heterocycles. The Kier molecular flexibility index (Phi) is 5.63. The van der Waals surface area contributed by atoms with Crippen LogP contribution >= 0.6 is 0 Å². The van der Waals surface area contributed by atoms with Crippen molar-refractivity contribution in [1.29, 1.82) is 5.26 Å². The molecule has 0 bridgehead atoms. The standard InChI is InChI=1S/C26H27NO3/c1-26(2)22(15-18-9-6-7-10-18)24(26)25(28)30-23(17-27)19-11-8-14-21(16-19)29-20-12-4-3-5-13-20/h3-5,8,11-16,22-24H,6-7,9-10H2,1-2H3/t22-,23+,24-/m0/s1. The molecule has 4 rings (SSSR count). The molecule has 30 heavy (non-hydrogen) atoms. The third-order valence-electron chi connectivity index (χ3n) is 6.32. The number of nitrogens with zero attached hydrogens (tertiary/aromatic N) is 1. The van der Waals surface area contributed by atoms with E-state index in [1.54, 1.807) is 18.2 Å². The summed E-state index contributed by atoms with van der Waals surface area (Å²) in [4.78, 5) is 12.9. The van der Waals surface area contributed by atoms with Crippen LogP contribution in [0.2, 0.25) is 0 Å². The molecule has 0 aromatic heterocycles. The number of hydrogen-bond donors (Lipinski definition) is 0. The highest BCUT2D eigenvalue weighted by molar-refractivity contribution is 5.78. The summed E-state index contributed by atoms with van der Waals surface area (Å²) in [6.45, 7) is 4.20. The highest BCUT2D eigenvalue weighted by Gasteiger charge is 2.61. The Hall–Kier alpha value is -3.06. The van der Waals surface area contributed by atoms with Gasteiger partial charge in [-0.3, -0.25) is 4.79 Å². The zero-order valence-corrected chi connectivity index (χ0v) is 17.5. The zero-order valence-electron chi connectivity index (χ0n) is 17.5. The van der Waals surface area contributed by atoms with Crippen molar-refractivity contribution < 1.29 is 14.3 Å². The quantitative estimate of drug-likeness (QED) is 0.417. The Labute approximate surface area is 178 Å². The number of benzene rings is 2. The van der Waals surface area contributed by atoms with Gasteiger partial charge in [0.15, 0.2) is 0 Å². The van der Waals surface area contributed by atoms with Crippen molar-refractivity contribution >= 4 is 5.97 Å². The molecule has 0 N–H and O–H groups in total. The summed E-state index contributed by atoms with van der Waals surface area (Å²) in [5, 5.41) is 9.66. The highest BCUT2D eigenvalue weighted by Crippen LogP contribution is 2.60. The van der Waals surface area contributed by atoms with Gasteiger partial charge >= 0.3 is 5.97 Å². The predicted octanol–water partition coefficient (Wildman–Crippen LogP) is 6.36. The van der Waals surface area contributed by atoms with E-state index in [2.05, 4.69) is 26.0 Å². The average Bonchev–Trinajstić information content (AvgIpc) is 3.07. The molecule has 4 nitrogen and oxygen atoms in total. The van der Waals surface area contributed by atoms with Crippen molar-refractivity contribution in [3.63, 3.8) is 0 Å². The number of allylic oxidation sites excluding steroid dienone is 2. The zero-order chi connectivity index (χ0) is 21.1. The molecule has 0 aliphatic heterocycles. The minimum atomic E-state index is -0.951. The normalized spacial score (nSPS) is 22.6. The third-order valence-corrected chi connectivity index (χ3v) is 6.32. The highest BCUT2D eigenvalue weighted by atomic mass is 16.5. The molecule has 2 aliphatic carbocycles. The predicted molar refractivity (Wildman–Crippen MR) is 115 cm³/mol. The van der Waals surface area contributed by atoms with Crippen molar-refractivity contribution in [3.05, 3.63) is 71.8 Å². The summed E-state index contributed by atoms with van der Waals surface area (Å²) >= 11 is 0. The molecule has 4 heteroatoms. The van der Waals surface area contributed by atoms with Crippen LogP contribution in [0.15, 0.2) is 66.2 Å². The molecule has 2 aromatic carbocycles. The Balaban J connectivity index is 1.45. The van der Waals surface area contributed by atoms with E-state index in [1.807, 2.05) is 36.4 Å². The van der Waals surface area contributed by atoms with Gasteiger partial charge in [0.1, 0.15) is 17.6 Å². The van der Waals surface area contributed by atoms with Gasteiger partial charge in [-0.15, -0.1) is 0 Å². The molecule has 0 spiro atoms. The number of carbonyl (C=O) groups is 1. The van der Waals surface area contributed by atoms with E-state index in [4.69, 9.17) is 9.47 Å². The fraction of sp³-hybridized carbons (Fsp3) is 0.385. The van der Waals surface area contributed by atoms with Crippen molar-refractivity contribution in [2.75, 3.05) is 0 Å². The van der Waals surface area contributed by atoms with Crippen molar-refractivity contribution in [2.24, 2.45) is 17.3 Å². The van der Waals surface area contributed by atoms with Crippen LogP contribution in [0.3, 0.4) is 0 Å². The van der Waals surface area contributed by atoms with Gasteiger partial charge in [-0.1, -0.05) is 55.8 Å². The SMILES string of the molecule is CC1(C)[C@H](C(=O)O[C@H](C#N)c2cccc(Oc3ccccc3)c2)[C@@H]1C=C1CCCC1. The van der Waals surface area contributed by atoms with Crippen LogP contribution in [0.5, 0.6) is 11.5 Å². The number of hydrogen-bond acceptors (Lipinski definition) is 4. The monoisotopic (exact) mass is 401 g/mol. The first kappa shape index (κ1) is 20.2. The summed E-state index contributed by atoms with van der Waals surface area (Å²) in [7, 11) is 0. The van der Waals surface area contributed by atoms with Crippen molar-refractivity contribution in [2.45, 2.75) is 45.6 Å². The first-order valence-corrected chi connectivity index (χ1v) is 10.6. The second-order valence-corrected chi connectivity index (χ2v) is 8.79. The summed E-state index contributed by atoms with van der Waals surface area (Å²) in [5.74, 6) is 1.03. The molecule has 2 saturated carbocycles. The van der Waals surface area contributed by atoms with Crippen LogP contribution in [-0.2, 0) is 9.53 Å². The van der Waals surface area contributed by atoms with Gasteiger partial charge in [0.2, 0.25) is 6.10 Å². The Morgan fingerprint density at radius 3 is 2.50 bits per heavy atom. The second kappa shape index (κ2) is 8.36. The molecule has 2 fully saturated rings. The molecule has 0 radical (unpaired) electrons. The van der Waals surface area contributed by atoms with Crippen LogP contribution in [0.4, 0.5) is 0 Å². The lowest BCUT2D eigenvalue weighted by Crippen LogP contribution is -2.14. The molecule has 2 aliphatic rings. The van der Waals surface area contributed by atoms with E-state index in [1.165, 1.54) is 18.4 Å². The van der Waals surface area contributed by atoms with E-state index < -0.39 is 6.10 Å². The fourth-order valence-electron chi connectivity index (χ4n) is 4.41. The van der Waals surface area contributed by atoms with Gasteiger partial charge in [-0.25, -0.2) is 0 Å². The van der Waals surface area contributed by atoms with Gasteiger partial charge in [-0.05, 0) is 61.3 Å².